The first-order chi connectivity index (χ1) is 11.1. The van der Waals surface area contributed by atoms with Crippen LogP contribution in [0.25, 0.3) is 0 Å². The maximum atomic E-state index is 12.1. The van der Waals surface area contributed by atoms with Gasteiger partial charge in [-0.25, -0.2) is 14.4 Å². The molecular weight excluding hydrogens is 299 g/mol. The van der Waals surface area contributed by atoms with E-state index in [9.17, 15) is 9.50 Å². The predicted molar refractivity (Wildman–Crippen MR) is 81.8 cm³/mol. The van der Waals surface area contributed by atoms with Gasteiger partial charge in [0.05, 0.1) is 0 Å². The number of aliphatic hydroxyl groups is 1. The highest BCUT2D eigenvalue weighted by Crippen LogP contribution is 2.57. The lowest BCUT2D eigenvalue weighted by Gasteiger charge is -2.34. The highest BCUT2D eigenvalue weighted by Gasteiger charge is 2.57. The molecule has 1 aliphatic rings. The summed E-state index contributed by atoms with van der Waals surface area (Å²) >= 11 is 0. The fourth-order valence-corrected chi connectivity index (χ4v) is 2.60. The van der Waals surface area contributed by atoms with Gasteiger partial charge in [-0.05, 0) is 37.1 Å². The van der Waals surface area contributed by atoms with E-state index in [1.807, 2.05) is 6.92 Å². The molecule has 1 unspecified atom stereocenters. The summed E-state index contributed by atoms with van der Waals surface area (Å²) < 4.78 is 22.6. The second-order valence-electron chi connectivity index (χ2n) is 6.06. The van der Waals surface area contributed by atoms with Crippen molar-refractivity contribution in [1.29, 1.82) is 0 Å². The molecule has 2 aromatic rings. The van der Waals surface area contributed by atoms with Crippen LogP contribution < -0.4 is 9.47 Å². The van der Waals surface area contributed by atoms with E-state index in [4.69, 9.17) is 9.47 Å². The molecule has 23 heavy (non-hydrogen) atoms. The Balaban J connectivity index is 1.75. The van der Waals surface area contributed by atoms with Crippen LogP contribution in [0.2, 0.25) is 0 Å². The molecule has 0 aliphatic heterocycles. The molecular formula is C17H19FN2O3. The van der Waals surface area contributed by atoms with Crippen LogP contribution in [0.15, 0.2) is 43.0 Å². The van der Waals surface area contributed by atoms with E-state index >= 15 is 0 Å². The Bertz CT molecular complexity index is 647. The number of hydrogen-bond acceptors (Lipinski definition) is 5. The van der Waals surface area contributed by atoms with Gasteiger partial charge >= 0.3 is 0 Å². The second-order valence-corrected chi connectivity index (χ2v) is 6.06. The third-order valence-corrected chi connectivity index (χ3v) is 4.53. The van der Waals surface area contributed by atoms with E-state index < -0.39 is 12.5 Å². The number of benzene rings is 1. The van der Waals surface area contributed by atoms with Crippen LogP contribution in [0, 0.1) is 5.41 Å². The summed E-state index contributed by atoms with van der Waals surface area (Å²) in [5, 5.41) is 11.2. The molecule has 6 heteroatoms. The van der Waals surface area contributed by atoms with Crippen LogP contribution in [-0.2, 0) is 5.60 Å². The van der Waals surface area contributed by atoms with Gasteiger partial charge in [0.15, 0.2) is 0 Å². The zero-order chi connectivity index (χ0) is 16.3. The minimum absolute atomic E-state index is 0.0974. The van der Waals surface area contributed by atoms with Crippen LogP contribution >= 0.6 is 0 Å². The molecule has 1 fully saturated rings. The minimum atomic E-state index is -1.15. The van der Waals surface area contributed by atoms with Gasteiger partial charge in [-0.15, -0.1) is 0 Å². The second kappa shape index (κ2) is 6.12. The summed E-state index contributed by atoms with van der Waals surface area (Å²) in [5.41, 5.74) is -0.741. The first kappa shape index (κ1) is 15.7. The molecule has 0 saturated heterocycles. The Labute approximate surface area is 134 Å². The van der Waals surface area contributed by atoms with Crippen molar-refractivity contribution in [2.45, 2.75) is 25.4 Å². The maximum Gasteiger partial charge on any atom is 0.228 e. The normalized spacial score (nSPS) is 18.0. The summed E-state index contributed by atoms with van der Waals surface area (Å²) in [7, 11) is 0. The summed E-state index contributed by atoms with van der Waals surface area (Å²) in [6, 6.07) is 6.61. The van der Waals surface area contributed by atoms with Crippen molar-refractivity contribution in [2.75, 3.05) is 13.5 Å². The first-order valence-electron chi connectivity index (χ1n) is 7.47. The summed E-state index contributed by atoms with van der Waals surface area (Å²) in [6.45, 7) is 1.26. The quantitative estimate of drug-likeness (QED) is 0.850. The Morgan fingerprint density at radius 3 is 2.22 bits per heavy atom. The first-order valence-corrected chi connectivity index (χ1v) is 7.47. The summed E-state index contributed by atoms with van der Waals surface area (Å²) in [5.74, 6) is 1.01. The smallest absolute Gasteiger partial charge is 0.228 e. The van der Waals surface area contributed by atoms with Crippen molar-refractivity contribution in [1.82, 2.24) is 9.97 Å². The fourth-order valence-electron chi connectivity index (χ4n) is 2.60. The molecule has 0 bridgehead atoms. The van der Waals surface area contributed by atoms with Gasteiger partial charge in [0.1, 0.15) is 30.0 Å². The maximum absolute atomic E-state index is 12.1. The summed E-state index contributed by atoms with van der Waals surface area (Å²) in [4.78, 5) is 8.00. The van der Waals surface area contributed by atoms with E-state index in [2.05, 4.69) is 9.97 Å². The van der Waals surface area contributed by atoms with E-state index in [0.717, 1.165) is 12.8 Å². The Hall–Kier alpha value is -2.21. The number of aromatic nitrogens is 2. The van der Waals surface area contributed by atoms with Gasteiger partial charge in [0.2, 0.25) is 6.86 Å². The molecule has 1 aliphatic carbocycles. The van der Waals surface area contributed by atoms with Gasteiger partial charge in [-0.1, -0.05) is 6.92 Å². The predicted octanol–water partition coefficient (Wildman–Crippen LogP) is 2.85. The molecule has 1 aromatic carbocycles. The molecule has 122 valence electrons. The molecule has 0 spiro atoms. The van der Waals surface area contributed by atoms with Gasteiger partial charge < -0.3 is 14.6 Å². The van der Waals surface area contributed by atoms with Crippen molar-refractivity contribution in [2.24, 2.45) is 5.41 Å². The Kier molecular flexibility index (Phi) is 4.17. The molecule has 0 radical (unpaired) electrons. The molecule has 1 N–H and O–H groups in total. The van der Waals surface area contributed by atoms with E-state index in [1.165, 1.54) is 6.33 Å². The van der Waals surface area contributed by atoms with Crippen LogP contribution in [-0.4, -0.2) is 28.5 Å². The topological polar surface area (TPSA) is 64.5 Å². The highest BCUT2D eigenvalue weighted by molar-refractivity contribution is 5.32. The Morgan fingerprint density at radius 2 is 1.70 bits per heavy atom. The number of nitrogens with zero attached hydrogens (tertiary/aromatic N) is 2. The molecule has 1 atom stereocenters. The van der Waals surface area contributed by atoms with Crippen LogP contribution in [0.4, 0.5) is 4.39 Å². The number of hydrogen-bond donors (Lipinski definition) is 1. The fraction of sp³-hybridized carbons (Fsp3) is 0.412. The Morgan fingerprint density at radius 1 is 1.13 bits per heavy atom. The average Bonchev–Trinajstić information content (AvgIpc) is 3.34. The van der Waals surface area contributed by atoms with Crippen molar-refractivity contribution in [3.63, 3.8) is 0 Å². The third kappa shape index (κ3) is 3.12. The molecule has 0 amide bonds. The highest BCUT2D eigenvalue weighted by atomic mass is 19.1. The number of rotatable bonds is 7. The lowest BCUT2D eigenvalue weighted by molar-refractivity contribution is -0.0671. The van der Waals surface area contributed by atoms with Crippen LogP contribution in [0.5, 0.6) is 11.5 Å². The SMILES string of the molecule is CC1(C(O)(COc2ccc(OCF)cc2)c2cncnc2)CC1. The van der Waals surface area contributed by atoms with Gasteiger partial charge in [-0.2, -0.15) is 0 Å². The number of ether oxygens (including phenoxy) is 2. The van der Waals surface area contributed by atoms with E-state index in [1.54, 1.807) is 36.7 Å². The van der Waals surface area contributed by atoms with E-state index in [0.29, 0.717) is 17.1 Å². The molecule has 3 rings (SSSR count). The number of halogens is 1. The van der Waals surface area contributed by atoms with Crippen molar-refractivity contribution in [3.05, 3.63) is 48.5 Å². The largest absolute Gasteiger partial charge is 0.490 e. The van der Waals surface area contributed by atoms with E-state index in [-0.39, 0.29) is 12.0 Å². The molecule has 1 saturated carbocycles. The minimum Gasteiger partial charge on any atom is -0.490 e. The van der Waals surface area contributed by atoms with Crippen molar-refractivity contribution in [3.8, 4) is 11.5 Å². The van der Waals surface area contributed by atoms with Crippen LogP contribution in [0.1, 0.15) is 25.3 Å². The zero-order valence-corrected chi connectivity index (χ0v) is 12.9. The molecule has 1 heterocycles. The van der Waals surface area contributed by atoms with Gasteiger partial charge in [0.25, 0.3) is 0 Å². The van der Waals surface area contributed by atoms with Gasteiger partial charge in [0, 0.05) is 23.4 Å². The summed E-state index contributed by atoms with van der Waals surface area (Å²) in [6.07, 6.45) is 6.52. The number of alkyl halides is 1. The molecule has 1 aromatic heterocycles. The lowest BCUT2D eigenvalue weighted by Crippen LogP contribution is -2.41. The zero-order valence-electron chi connectivity index (χ0n) is 12.9. The average molecular weight is 318 g/mol. The van der Waals surface area contributed by atoms with Crippen LogP contribution in [0.3, 0.4) is 0 Å². The lowest BCUT2D eigenvalue weighted by atomic mass is 9.81. The van der Waals surface area contributed by atoms with Gasteiger partial charge in [-0.3, -0.25) is 0 Å². The van der Waals surface area contributed by atoms with Crippen molar-refractivity contribution < 1.29 is 19.0 Å². The molecule has 5 nitrogen and oxygen atoms in total. The monoisotopic (exact) mass is 318 g/mol. The standard InChI is InChI=1S/C17H19FN2O3/c1-16(6-7-16)17(21,13-8-19-12-20-9-13)10-22-14-2-4-15(5-3-14)23-11-18/h2-5,8-9,12,21H,6-7,10-11H2,1H3. The van der Waals surface area contributed by atoms with Crippen molar-refractivity contribution >= 4 is 0 Å². The third-order valence-electron chi connectivity index (χ3n) is 4.53.